The van der Waals surface area contributed by atoms with Crippen LogP contribution in [-0.4, -0.2) is 17.3 Å². The van der Waals surface area contributed by atoms with E-state index in [0.717, 1.165) is 21.9 Å². The first-order chi connectivity index (χ1) is 7.15. The van der Waals surface area contributed by atoms with E-state index in [1.807, 2.05) is 24.5 Å². The van der Waals surface area contributed by atoms with Crippen molar-refractivity contribution < 1.29 is 9.90 Å². The van der Waals surface area contributed by atoms with Crippen LogP contribution in [0.2, 0.25) is 5.02 Å². The molecule has 0 spiro atoms. The summed E-state index contributed by atoms with van der Waals surface area (Å²) in [7, 11) is 0. The van der Waals surface area contributed by atoms with Crippen LogP contribution < -0.4 is 0 Å². The second-order valence-electron chi connectivity index (χ2n) is 3.17. The first kappa shape index (κ1) is 12.4. The first-order valence-electron chi connectivity index (χ1n) is 4.68. The molecule has 0 aliphatic rings. The first-order valence-corrected chi connectivity index (χ1v) is 6.28. The summed E-state index contributed by atoms with van der Waals surface area (Å²) in [6, 6.07) is 5.76. The van der Waals surface area contributed by atoms with E-state index in [-0.39, 0.29) is 6.42 Å². The lowest BCUT2D eigenvalue weighted by molar-refractivity contribution is -0.137. The van der Waals surface area contributed by atoms with Crippen molar-refractivity contribution in [3.8, 4) is 0 Å². The van der Waals surface area contributed by atoms with Gasteiger partial charge in [0.2, 0.25) is 0 Å². The van der Waals surface area contributed by atoms with Crippen LogP contribution in [0, 0.1) is 0 Å². The molecule has 82 valence electrons. The third-order valence-electron chi connectivity index (χ3n) is 2.11. The Hall–Kier alpha value is -0.670. The van der Waals surface area contributed by atoms with Crippen LogP contribution in [0.3, 0.4) is 0 Å². The summed E-state index contributed by atoms with van der Waals surface area (Å²) in [6.07, 6.45) is 3.54. The van der Waals surface area contributed by atoms with Crippen molar-refractivity contribution >= 4 is 29.3 Å². The van der Waals surface area contributed by atoms with Crippen molar-refractivity contribution in [3.63, 3.8) is 0 Å². The number of carboxylic acids is 1. The molecule has 0 saturated heterocycles. The van der Waals surface area contributed by atoms with Gasteiger partial charge in [0, 0.05) is 16.3 Å². The monoisotopic (exact) mass is 244 g/mol. The van der Waals surface area contributed by atoms with E-state index in [1.165, 1.54) is 0 Å². The third kappa shape index (κ3) is 3.76. The molecule has 0 saturated carbocycles. The Bertz CT molecular complexity index is 352. The van der Waals surface area contributed by atoms with E-state index >= 15 is 0 Å². The van der Waals surface area contributed by atoms with Crippen LogP contribution >= 0.6 is 23.4 Å². The number of aliphatic carboxylic acids is 1. The van der Waals surface area contributed by atoms with Crippen molar-refractivity contribution in [1.82, 2.24) is 0 Å². The highest BCUT2D eigenvalue weighted by Gasteiger charge is 2.06. The molecule has 1 aromatic carbocycles. The number of carboxylic acid groups (broad SMARTS) is 1. The van der Waals surface area contributed by atoms with Gasteiger partial charge >= 0.3 is 5.97 Å². The fraction of sp³-hybridized carbons (Fsp3) is 0.364. The predicted octanol–water partition coefficient (Wildman–Crippen LogP) is 3.47. The lowest BCUT2D eigenvalue weighted by Gasteiger charge is -2.08. The number of hydrogen-bond donors (Lipinski definition) is 1. The SMILES string of the molecule is CSc1cccc(Cl)c1CCCC(=O)O. The molecular weight excluding hydrogens is 232 g/mol. The number of benzene rings is 1. The molecule has 2 nitrogen and oxygen atoms in total. The normalized spacial score (nSPS) is 10.3. The molecule has 0 bridgehead atoms. The molecule has 0 radical (unpaired) electrons. The zero-order valence-corrected chi connectivity index (χ0v) is 10.1. The third-order valence-corrected chi connectivity index (χ3v) is 3.29. The summed E-state index contributed by atoms with van der Waals surface area (Å²) < 4.78 is 0. The van der Waals surface area contributed by atoms with E-state index in [2.05, 4.69) is 0 Å². The Morgan fingerprint density at radius 1 is 1.53 bits per heavy atom. The van der Waals surface area contributed by atoms with E-state index in [1.54, 1.807) is 11.8 Å². The van der Waals surface area contributed by atoms with Crippen molar-refractivity contribution in [2.45, 2.75) is 24.2 Å². The molecule has 0 heterocycles. The van der Waals surface area contributed by atoms with Gasteiger partial charge in [-0.15, -0.1) is 11.8 Å². The highest BCUT2D eigenvalue weighted by Crippen LogP contribution is 2.28. The van der Waals surface area contributed by atoms with Gasteiger partial charge in [0.1, 0.15) is 0 Å². The lowest BCUT2D eigenvalue weighted by atomic mass is 10.1. The predicted molar refractivity (Wildman–Crippen MR) is 63.8 cm³/mol. The van der Waals surface area contributed by atoms with Crippen LogP contribution in [-0.2, 0) is 11.2 Å². The van der Waals surface area contributed by atoms with Gasteiger partial charge < -0.3 is 5.11 Å². The molecule has 4 heteroatoms. The fourth-order valence-electron chi connectivity index (χ4n) is 1.39. The number of carbonyl (C=O) groups is 1. The molecule has 1 aromatic rings. The molecular formula is C11H13ClO2S. The van der Waals surface area contributed by atoms with Crippen LogP contribution in [0.5, 0.6) is 0 Å². The van der Waals surface area contributed by atoms with Crippen molar-refractivity contribution in [1.29, 1.82) is 0 Å². The maximum atomic E-state index is 10.4. The zero-order chi connectivity index (χ0) is 11.3. The lowest BCUT2D eigenvalue weighted by Crippen LogP contribution is -1.97. The average Bonchev–Trinajstić information content (AvgIpc) is 2.20. The highest BCUT2D eigenvalue weighted by atomic mass is 35.5. The number of rotatable bonds is 5. The molecule has 0 aliphatic heterocycles. The topological polar surface area (TPSA) is 37.3 Å². The zero-order valence-electron chi connectivity index (χ0n) is 8.50. The van der Waals surface area contributed by atoms with Gasteiger partial charge in [-0.3, -0.25) is 4.79 Å². The quantitative estimate of drug-likeness (QED) is 0.806. The molecule has 0 atom stereocenters. The van der Waals surface area contributed by atoms with Gasteiger partial charge in [0.15, 0.2) is 0 Å². The van der Waals surface area contributed by atoms with Gasteiger partial charge in [0.25, 0.3) is 0 Å². The Balaban J connectivity index is 2.70. The maximum absolute atomic E-state index is 10.4. The van der Waals surface area contributed by atoms with Crippen molar-refractivity contribution in [2.24, 2.45) is 0 Å². The minimum absolute atomic E-state index is 0.193. The molecule has 0 fully saturated rings. The van der Waals surface area contributed by atoms with Gasteiger partial charge in [-0.1, -0.05) is 17.7 Å². The molecule has 0 aliphatic carbocycles. The van der Waals surface area contributed by atoms with Crippen LogP contribution in [0.15, 0.2) is 23.1 Å². The maximum Gasteiger partial charge on any atom is 0.303 e. The van der Waals surface area contributed by atoms with Gasteiger partial charge in [-0.25, -0.2) is 0 Å². The fourth-order valence-corrected chi connectivity index (χ4v) is 2.39. The number of halogens is 1. The van der Waals surface area contributed by atoms with Gasteiger partial charge in [0.05, 0.1) is 0 Å². The Morgan fingerprint density at radius 2 is 2.27 bits per heavy atom. The van der Waals surface area contributed by atoms with E-state index < -0.39 is 5.97 Å². The molecule has 1 rings (SSSR count). The molecule has 0 aromatic heterocycles. The van der Waals surface area contributed by atoms with Crippen molar-refractivity contribution in [2.75, 3.05) is 6.26 Å². The smallest absolute Gasteiger partial charge is 0.303 e. The summed E-state index contributed by atoms with van der Waals surface area (Å²) in [5.74, 6) is -0.757. The molecule has 0 amide bonds. The Labute approximate surface area is 98.6 Å². The van der Waals surface area contributed by atoms with Gasteiger partial charge in [-0.05, 0) is 36.8 Å². The summed E-state index contributed by atoms with van der Waals surface area (Å²) >= 11 is 7.70. The van der Waals surface area contributed by atoms with E-state index in [9.17, 15) is 4.79 Å². The standard InChI is InChI=1S/C11H13ClO2S/c1-15-10-6-3-5-9(12)8(10)4-2-7-11(13)14/h3,5-6H,2,4,7H2,1H3,(H,13,14). The second-order valence-corrected chi connectivity index (χ2v) is 4.42. The summed E-state index contributed by atoms with van der Waals surface area (Å²) in [6.45, 7) is 0. The minimum atomic E-state index is -0.757. The molecule has 1 N–H and O–H groups in total. The van der Waals surface area contributed by atoms with E-state index in [0.29, 0.717) is 6.42 Å². The second kappa shape index (κ2) is 6.03. The Morgan fingerprint density at radius 3 is 2.87 bits per heavy atom. The number of thioether (sulfide) groups is 1. The largest absolute Gasteiger partial charge is 0.481 e. The van der Waals surface area contributed by atoms with Crippen molar-refractivity contribution in [3.05, 3.63) is 28.8 Å². The van der Waals surface area contributed by atoms with Crippen LogP contribution in [0.4, 0.5) is 0 Å². The van der Waals surface area contributed by atoms with Crippen LogP contribution in [0.1, 0.15) is 18.4 Å². The number of hydrogen-bond acceptors (Lipinski definition) is 2. The summed E-state index contributed by atoms with van der Waals surface area (Å²) in [5, 5.41) is 9.28. The average molecular weight is 245 g/mol. The highest BCUT2D eigenvalue weighted by molar-refractivity contribution is 7.98. The minimum Gasteiger partial charge on any atom is -0.481 e. The van der Waals surface area contributed by atoms with E-state index in [4.69, 9.17) is 16.7 Å². The molecule has 0 unspecified atom stereocenters. The molecule has 15 heavy (non-hydrogen) atoms. The Kier molecular flexibility index (Phi) is 4.99. The summed E-state index contributed by atoms with van der Waals surface area (Å²) in [5.41, 5.74) is 1.06. The summed E-state index contributed by atoms with van der Waals surface area (Å²) in [4.78, 5) is 11.5. The van der Waals surface area contributed by atoms with Gasteiger partial charge in [-0.2, -0.15) is 0 Å². The van der Waals surface area contributed by atoms with Crippen LogP contribution in [0.25, 0.3) is 0 Å².